The van der Waals surface area contributed by atoms with Gasteiger partial charge in [-0.25, -0.2) is 39.4 Å². The van der Waals surface area contributed by atoms with Gasteiger partial charge in [0.25, 0.3) is 17.9 Å². The van der Waals surface area contributed by atoms with E-state index in [0.29, 0.717) is 16.3 Å². The summed E-state index contributed by atoms with van der Waals surface area (Å²) in [7, 11) is -6.32. The molecule has 9 rings (SSSR count). The first-order valence-electron chi connectivity index (χ1n) is 19.5. The molecule has 0 bridgehead atoms. The number of nitrogens with one attached hydrogen (secondary N) is 2. The van der Waals surface area contributed by atoms with Gasteiger partial charge in [0.15, 0.2) is 15.7 Å². The van der Waals surface area contributed by atoms with E-state index in [1.165, 1.54) is 60.3 Å². The summed E-state index contributed by atoms with van der Waals surface area (Å²) in [5, 5.41) is 10.6. The first-order valence-corrected chi connectivity index (χ1v) is 23.7. The van der Waals surface area contributed by atoms with Crippen LogP contribution < -0.4 is 15.6 Å². The van der Waals surface area contributed by atoms with E-state index < -0.39 is 97.5 Å². The number of hydrogen-bond donors (Lipinski definition) is 2. The van der Waals surface area contributed by atoms with Crippen LogP contribution in [0.25, 0.3) is 38.6 Å². The van der Waals surface area contributed by atoms with E-state index in [-0.39, 0.29) is 72.2 Å². The molecule has 3 heterocycles. The number of hydrogen-bond acceptors (Lipinski definition) is 9. The van der Waals surface area contributed by atoms with E-state index in [1.54, 1.807) is 6.07 Å². The van der Waals surface area contributed by atoms with Gasteiger partial charge in [-0.15, -0.1) is 0 Å². The molecule has 3 atom stereocenters. The van der Waals surface area contributed by atoms with Gasteiger partial charge in [-0.2, -0.15) is 19.0 Å². The van der Waals surface area contributed by atoms with Gasteiger partial charge in [0.2, 0.25) is 15.9 Å². The van der Waals surface area contributed by atoms with Gasteiger partial charge in [0.05, 0.1) is 49.7 Å². The van der Waals surface area contributed by atoms with E-state index in [0.717, 1.165) is 29.2 Å². The van der Waals surface area contributed by atoms with Crippen LogP contribution >= 0.6 is 11.6 Å². The maximum Gasteiger partial charge on any atom is 0.293 e. The van der Waals surface area contributed by atoms with E-state index in [1.807, 2.05) is 0 Å². The molecule has 2 N–H and O–H groups in total. The van der Waals surface area contributed by atoms with Crippen molar-refractivity contribution in [2.75, 3.05) is 17.2 Å². The Kier molecular flexibility index (Phi) is 10.4. The van der Waals surface area contributed by atoms with Crippen LogP contribution in [0.4, 0.5) is 32.2 Å². The molecule has 4 aromatic carbocycles. The number of nitrogens with zero attached hydrogens (tertiary/aromatic N) is 6. The summed E-state index contributed by atoms with van der Waals surface area (Å²) in [6.07, 6.45) is -1.90. The van der Waals surface area contributed by atoms with E-state index >= 15 is 13.6 Å². The predicted octanol–water partition coefficient (Wildman–Crippen LogP) is 7.09. The molecular formula is C42H33ClF6N8O6S2. The van der Waals surface area contributed by atoms with Gasteiger partial charge in [-0.1, -0.05) is 35.9 Å². The Hall–Kier alpha value is -6.26. The molecule has 0 aliphatic heterocycles. The number of halogens is 7. The average molecular weight is 959 g/mol. The Balaban J connectivity index is 1.28. The number of benzene rings is 4. The summed E-state index contributed by atoms with van der Waals surface area (Å²) in [6, 6.07) is 13.9. The van der Waals surface area contributed by atoms with Crippen LogP contribution in [0.2, 0.25) is 5.02 Å². The minimum Gasteiger partial charge on any atom is -0.344 e. The van der Waals surface area contributed by atoms with Crippen LogP contribution in [0.1, 0.15) is 53.1 Å². The topological polar surface area (TPSA) is 180 Å². The maximum absolute atomic E-state index is 15.6. The monoisotopic (exact) mass is 958 g/mol. The van der Waals surface area contributed by atoms with Crippen molar-refractivity contribution in [1.82, 2.24) is 34.4 Å². The lowest BCUT2D eigenvalue weighted by atomic mass is 10.0. The molecule has 1 amide bonds. The van der Waals surface area contributed by atoms with Crippen molar-refractivity contribution in [3.63, 3.8) is 0 Å². The van der Waals surface area contributed by atoms with Crippen molar-refractivity contribution < 1.29 is 48.0 Å². The molecule has 1 fully saturated rings. The second-order valence-electron chi connectivity index (χ2n) is 16.0. The Morgan fingerprint density at radius 3 is 2.35 bits per heavy atom. The number of fused-ring (bicyclic) bond motifs is 5. The molecule has 14 nitrogen and oxygen atoms in total. The lowest BCUT2D eigenvalue weighted by Gasteiger charge is -2.24. The fourth-order valence-electron chi connectivity index (χ4n) is 8.78. The van der Waals surface area contributed by atoms with Gasteiger partial charge < -0.3 is 5.32 Å². The second-order valence-corrected chi connectivity index (χ2v) is 20.2. The molecule has 2 unspecified atom stereocenters. The molecule has 0 spiro atoms. The molecule has 3 aromatic heterocycles. The zero-order valence-electron chi connectivity index (χ0n) is 34.0. The van der Waals surface area contributed by atoms with Gasteiger partial charge in [0.1, 0.15) is 35.4 Å². The molecule has 0 saturated heterocycles. The number of aryl methyl sites for hydroxylation is 1. The summed E-state index contributed by atoms with van der Waals surface area (Å²) in [6.45, 7) is -1.03. The van der Waals surface area contributed by atoms with Gasteiger partial charge in [-0.05, 0) is 65.9 Å². The van der Waals surface area contributed by atoms with Crippen LogP contribution in [0, 0.1) is 17.6 Å². The number of carbonyl (C=O) groups excluding carboxylic acids is 1. The SMILES string of the molecule is Cn1nc(NS(C)(=O)=O)c2c(Cl)ccc(-n3c([C@H](Cc4cc(F)cc(F)c4)NC(=O)Cn4nc(C(F)F)c5c4C(F)(F)C4CC54)nc4cc(-c5ccccc5S(C)(=O)=O)ccc4c3=O)c21. The predicted molar refractivity (Wildman–Crippen MR) is 227 cm³/mol. The Morgan fingerprint density at radius 2 is 1.68 bits per heavy atom. The number of sulfone groups is 1. The number of sulfonamides is 1. The zero-order chi connectivity index (χ0) is 46.7. The lowest BCUT2D eigenvalue weighted by molar-refractivity contribution is -0.123. The number of rotatable bonds is 12. The highest BCUT2D eigenvalue weighted by atomic mass is 35.5. The molecular weight excluding hydrogens is 926 g/mol. The van der Waals surface area contributed by atoms with Crippen molar-refractivity contribution in [2.24, 2.45) is 13.0 Å². The highest BCUT2D eigenvalue weighted by Gasteiger charge is 2.67. The summed E-state index contributed by atoms with van der Waals surface area (Å²) < 4.78 is 145. The molecule has 2 aliphatic carbocycles. The summed E-state index contributed by atoms with van der Waals surface area (Å²) in [4.78, 5) is 34.1. The van der Waals surface area contributed by atoms with Crippen molar-refractivity contribution in [3.8, 4) is 16.8 Å². The smallest absolute Gasteiger partial charge is 0.293 e. The third-order valence-corrected chi connectivity index (χ3v) is 13.4. The van der Waals surface area contributed by atoms with E-state index in [2.05, 4.69) is 20.2 Å². The fraction of sp³-hybridized carbons (Fsp3) is 0.262. The zero-order valence-corrected chi connectivity index (χ0v) is 36.3. The summed E-state index contributed by atoms with van der Waals surface area (Å²) >= 11 is 6.63. The Morgan fingerprint density at radius 1 is 0.969 bits per heavy atom. The highest BCUT2D eigenvalue weighted by molar-refractivity contribution is 7.92. The van der Waals surface area contributed by atoms with E-state index in [9.17, 15) is 39.2 Å². The minimum atomic E-state index is -3.95. The van der Waals surface area contributed by atoms with Crippen molar-refractivity contribution in [1.29, 1.82) is 0 Å². The van der Waals surface area contributed by atoms with Crippen molar-refractivity contribution >= 4 is 65.0 Å². The molecule has 338 valence electrons. The molecule has 65 heavy (non-hydrogen) atoms. The van der Waals surface area contributed by atoms with Crippen molar-refractivity contribution in [2.45, 2.75) is 48.6 Å². The van der Waals surface area contributed by atoms with Crippen LogP contribution in [-0.2, 0) is 50.6 Å². The van der Waals surface area contributed by atoms with Crippen LogP contribution in [0.5, 0.6) is 0 Å². The van der Waals surface area contributed by atoms with Crippen LogP contribution in [0.15, 0.2) is 82.5 Å². The summed E-state index contributed by atoms with van der Waals surface area (Å²) in [5.74, 6) is -9.39. The molecule has 7 aromatic rings. The quantitative estimate of drug-likeness (QED) is 0.121. The molecule has 2 aliphatic rings. The first kappa shape index (κ1) is 44.0. The third kappa shape index (κ3) is 7.79. The average Bonchev–Trinajstić information content (AvgIpc) is 3.75. The van der Waals surface area contributed by atoms with Crippen molar-refractivity contribution in [3.05, 3.63) is 128 Å². The number of alkyl halides is 4. The molecule has 0 radical (unpaired) electrons. The second kappa shape index (κ2) is 15.4. The number of anilines is 1. The van der Waals surface area contributed by atoms with Gasteiger partial charge in [0, 0.05) is 42.8 Å². The maximum atomic E-state index is 15.6. The number of carbonyl (C=O) groups is 1. The number of aromatic nitrogens is 6. The normalized spacial score (nSPS) is 17.1. The lowest BCUT2D eigenvalue weighted by Crippen LogP contribution is -2.38. The largest absolute Gasteiger partial charge is 0.344 e. The van der Waals surface area contributed by atoms with E-state index in [4.69, 9.17) is 16.6 Å². The standard InChI is InChI=1S/C42H33ClF6N8O6S2/c1-55-36-30(11-10-27(43)34(36)39(53-55)54-65(3,62)63)57-40(51-28-15-20(8-9-24(28)41(57)59)23-6-4-5-7-31(23)64(2,60)61)29(14-19-12-21(44)16-22(45)13-19)50-32(58)18-56-37-33(35(52-56)38(46)47)25-17-26(25)42(37,48)49/h4-13,15-16,25-26,29,38H,14,17-18H2,1-3H3,(H,50,58)(H,53,54)/t25?,26?,29-/m0/s1. The van der Waals surface area contributed by atoms with Gasteiger partial charge >= 0.3 is 0 Å². The van der Waals surface area contributed by atoms with Gasteiger partial charge in [-0.3, -0.25) is 28.2 Å². The minimum absolute atomic E-state index is 0.00928. The first-order chi connectivity index (χ1) is 30.5. The third-order valence-electron chi connectivity index (χ3n) is 11.4. The summed E-state index contributed by atoms with van der Waals surface area (Å²) in [5.41, 5.74) is -2.45. The highest BCUT2D eigenvalue weighted by Crippen LogP contribution is 2.68. The Labute approximate surface area is 369 Å². The van der Waals surface area contributed by atoms with Crippen LogP contribution in [-0.4, -0.2) is 64.4 Å². The Bertz CT molecular complexity index is 3450. The van der Waals surface area contributed by atoms with Crippen LogP contribution in [0.3, 0.4) is 0 Å². The fourth-order valence-corrected chi connectivity index (χ4v) is 10.4. The molecule has 23 heteroatoms. The molecule has 1 saturated carbocycles. The number of amides is 1.